The van der Waals surface area contributed by atoms with Gasteiger partial charge in [-0.25, -0.2) is 0 Å². The van der Waals surface area contributed by atoms with Crippen molar-refractivity contribution in [2.45, 2.75) is 6.92 Å². The van der Waals surface area contributed by atoms with Crippen molar-refractivity contribution in [3.05, 3.63) is 32.4 Å². The fraction of sp³-hybridized carbons (Fsp3) is 0.200. The summed E-state index contributed by atoms with van der Waals surface area (Å²) >= 11 is 5.24. The van der Waals surface area contributed by atoms with Crippen LogP contribution in [0.25, 0.3) is 0 Å². The number of nitriles is 1. The molecule has 0 saturated carbocycles. The van der Waals surface area contributed by atoms with Gasteiger partial charge in [0.25, 0.3) is 0 Å². The Morgan fingerprint density at radius 2 is 2.29 bits per heavy atom. The van der Waals surface area contributed by atoms with E-state index in [1.54, 1.807) is 6.07 Å². The average Bonchev–Trinajstić information content (AvgIpc) is 2.15. The molecule has 1 aromatic carbocycles. The van der Waals surface area contributed by atoms with E-state index >= 15 is 0 Å². The van der Waals surface area contributed by atoms with Gasteiger partial charge in [0.05, 0.1) is 17.0 Å². The SMILES string of the molecule is Cc1cc(I)cc(C#N)c1C(=O)CBr. The molecule has 1 rings (SSSR count). The third kappa shape index (κ3) is 2.34. The van der Waals surface area contributed by atoms with E-state index in [4.69, 9.17) is 5.26 Å². The Labute approximate surface area is 105 Å². The molecule has 0 fully saturated rings. The van der Waals surface area contributed by atoms with Gasteiger partial charge in [0.2, 0.25) is 0 Å². The topological polar surface area (TPSA) is 40.9 Å². The number of alkyl halides is 1. The Hall–Kier alpha value is -0.410. The van der Waals surface area contributed by atoms with E-state index in [0.717, 1.165) is 9.13 Å². The fourth-order valence-corrected chi connectivity index (χ4v) is 2.33. The summed E-state index contributed by atoms with van der Waals surface area (Å²) in [6.07, 6.45) is 0. The predicted molar refractivity (Wildman–Crippen MR) is 66.7 cm³/mol. The molecule has 4 heteroatoms. The summed E-state index contributed by atoms with van der Waals surface area (Å²) in [5, 5.41) is 9.14. The van der Waals surface area contributed by atoms with Crippen LogP contribution < -0.4 is 0 Å². The number of hydrogen-bond acceptors (Lipinski definition) is 2. The van der Waals surface area contributed by atoms with Gasteiger partial charge in [0.15, 0.2) is 5.78 Å². The molecule has 2 nitrogen and oxygen atoms in total. The Bertz CT molecular complexity index is 423. The van der Waals surface area contributed by atoms with Crippen LogP contribution in [0.3, 0.4) is 0 Å². The highest BCUT2D eigenvalue weighted by molar-refractivity contribution is 14.1. The second kappa shape index (κ2) is 4.89. The molecule has 0 N–H and O–H groups in total. The second-order valence-electron chi connectivity index (χ2n) is 2.81. The van der Waals surface area contributed by atoms with Crippen LogP contribution in [-0.2, 0) is 0 Å². The van der Waals surface area contributed by atoms with Crippen molar-refractivity contribution in [3.8, 4) is 6.07 Å². The first-order chi connectivity index (χ1) is 6.60. The lowest BCUT2D eigenvalue weighted by Crippen LogP contribution is -2.06. The van der Waals surface area contributed by atoms with Crippen LogP contribution in [0.4, 0.5) is 0 Å². The Morgan fingerprint density at radius 1 is 1.64 bits per heavy atom. The van der Waals surface area contributed by atoms with Gasteiger partial charge in [0, 0.05) is 9.13 Å². The molecule has 14 heavy (non-hydrogen) atoms. The zero-order chi connectivity index (χ0) is 10.7. The number of hydrogen-bond donors (Lipinski definition) is 0. The number of benzene rings is 1. The van der Waals surface area contributed by atoms with Crippen LogP contribution in [0.5, 0.6) is 0 Å². The molecule has 0 aromatic heterocycles. The van der Waals surface area contributed by atoms with Crippen LogP contribution >= 0.6 is 38.5 Å². The van der Waals surface area contributed by atoms with Crippen LogP contribution in [0.15, 0.2) is 12.1 Å². The van der Waals surface area contributed by atoms with Gasteiger partial charge in [-0.3, -0.25) is 4.79 Å². The summed E-state index contributed by atoms with van der Waals surface area (Å²) < 4.78 is 0.975. The van der Waals surface area contributed by atoms with Crippen LogP contribution in [-0.4, -0.2) is 11.1 Å². The molecule has 1 aromatic rings. The summed E-state index contributed by atoms with van der Waals surface area (Å²) in [5.41, 5.74) is 1.85. The highest BCUT2D eigenvalue weighted by Gasteiger charge is 2.13. The smallest absolute Gasteiger partial charge is 0.174 e. The zero-order valence-electron chi connectivity index (χ0n) is 7.47. The van der Waals surface area contributed by atoms with E-state index < -0.39 is 0 Å². The quantitative estimate of drug-likeness (QED) is 0.460. The summed E-state index contributed by atoms with van der Waals surface area (Å²) in [6.45, 7) is 1.85. The summed E-state index contributed by atoms with van der Waals surface area (Å²) in [4.78, 5) is 11.5. The molecular formula is C10H7BrINO. The summed E-state index contributed by atoms with van der Waals surface area (Å²) in [7, 11) is 0. The lowest BCUT2D eigenvalue weighted by molar-refractivity contribution is 0.102. The van der Waals surface area contributed by atoms with E-state index in [9.17, 15) is 4.79 Å². The predicted octanol–water partition coefficient (Wildman–Crippen LogP) is 3.05. The molecular weight excluding hydrogens is 357 g/mol. The molecule has 0 aliphatic rings. The molecule has 0 spiro atoms. The lowest BCUT2D eigenvalue weighted by atomic mass is 10.00. The Balaban J connectivity index is 3.42. The standard InChI is InChI=1S/C10H7BrINO/c1-6-2-8(12)3-7(5-13)10(6)9(14)4-11/h2-3H,4H2,1H3. The molecule has 0 bridgehead atoms. The third-order valence-corrected chi connectivity index (χ3v) is 2.95. The van der Waals surface area contributed by atoms with Crippen LogP contribution in [0, 0.1) is 21.8 Å². The van der Waals surface area contributed by atoms with Crippen molar-refractivity contribution in [2.24, 2.45) is 0 Å². The van der Waals surface area contributed by atoms with Crippen molar-refractivity contribution >= 4 is 44.3 Å². The van der Waals surface area contributed by atoms with E-state index in [1.807, 2.05) is 19.1 Å². The number of Topliss-reactive ketones (excluding diaryl/α,β-unsaturated/α-hetero) is 1. The fourth-order valence-electron chi connectivity index (χ4n) is 1.27. The molecule has 0 unspecified atom stereocenters. The molecule has 0 radical (unpaired) electrons. The minimum absolute atomic E-state index is 0.0459. The maximum Gasteiger partial charge on any atom is 0.174 e. The van der Waals surface area contributed by atoms with E-state index in [-0.39, 0.29) is 11.1 Å². The van der Waals surface area contributed by atoms with Crippen LogP contribution in [0.2, 0.25) is 0 Å². The summed E-state index contributed by atoms with van der Waals surface area (Å²) in [6, 6.07) is 5.67. The van der Waals surface area contributed by atoms with Crippen molar-refractivity contribution in [1.29, 1.82) is 5.26 Å². The van der Waals surface area contributed by atoms with Crippen molar-refractivity contribution in [1.82, 2.24) is 0 Å². The molecule has 0 saturated heterocycles. The first kappa shape index (κ1) is 11.7. The Morgan fingerprint density at radius 3 is 2.79 bits per heavy atom. The molecule has 72 valence electrons. The number of aryl methyl sites for hydroxylation is 1. The van der Waals surface area contributed by atoms with E-state index in [1.165, 1.54) is 0 Å². The number of carbonyl (C=O) groups excluding carboxylic acids is 1. The molecule has 0 atom stereocenters. The van der Waals surface area contributed by atoms with Gasteiger partial charge in [0.1, 0.15) is 0 Å². The maximum atomic E-state index is 11.5. The van der Waals surface area contributed by atoms with E-state index in [0.29, 0.717) is 11.1 Å². The molecule has 0 heterocycles. The average molecular weight is 364 g/mol. The van der Waals surface area contributed by atoms with Gasteiger partial charge >= 0.3 is 0 Å². The minimum Gasteiger partial charge on any atom is -0.293 e. The van der Waals surface area contributed by atoms with Crippen molar-refractivity contribution in [3.63, 3.8) is 0 Å². The minimum atomic E-state index is -0.0459. The van der Waals surface area contributed by atoms with Crippen molar-refractivity contribution < 1.29 is 4.79 Å². The van der Waals surface area contributed by atoms with Gasteiger partial charge in [-0.2, -0.15) is 5.26 Å². The Kier molecular flexibility index (Phi) is 4.08. The van der Waals surface area contributed by atoms with Crippen LogP contribution in [0.1, 0.15) is 21.5 Å². The number of halogens is 2. The van der Waals surface area contributed by atoms with Gasteiger partial charge in [-0.1, -0.05) is 15.9 Å². The molecule has 0 aliphatic heterocycles. The number of rotatable bonds is 2. The number of nitrogens with zero attached hydrogens (tertiary/aromatic N) is 1. The monoisotopic (exact) mass is 363 g/mol. The van der Waals surface area contributed by atoms with Crippen molar-refractivity contribution in [2.75, 3.05) is 5.33 Å². The highest BCUT2D eigenvalue weighted by atomic mass is 127. The first-order valence-corrected chi connectivity index (χ1v) is 6.09. The second-order valence-corrected chi connectivity index (χ2v) is 4.62. The number of ketones is 1. The molecule has 0 amide bonds. The maximum absolute atomic E-state index is 11.5. The normalized spacial score (nSPS) is 9.57. The summed E-state index contributed by atoms with van der Waals surface area (Å²) in [5.74, 6) is -0.0459. The lowest BCUT2D eigenvalue weighted by Gasteiger charge is -2.05. The number of carbonyl (C=O) groups is 1. The van der Waals surface area contributed by atoms with Gasteiger partial charge in [-0.05, 0) is 47.2 Å². The molecule has 0 aliphatic carbocycles. The highest BCUT2D eigenvalue weighted by Crippen LogP contribution is 2.19. The van der Waals surface area contributed by atoms with Gasteiger partial charge < -0.3 is 0 Å². The van der Waals surface area contributed by atoms with E-state index in [2.05, 4.69) is 38.5 Å². The third-order valence-electron chi connectivity index (χ3n) is 1.82. The zero-order valence-corrected chi connectivity index (χ0v) is 11.2. The largest absolute Gasteiger partial charge is 0.293 e. The van der Waals surface area contributed by atoms with Gasteiger partial charge in [-0.15, -0.1) is 0 Å². The first-order valence-electron chi connectivity index (χ1n) is 3.89.